The van der Waals surface area contributed by atoms with Crippen LogP contribution in [0.4, 0.5) is 0 Å². The van der Waals surface area contributed by atoms with Crippen LogP contribution in [0.1, 0.15) is 41.4 Å². The molecule has 2 aliphatic rings. The summed E-state index contributed by atoms with van der Waals surface area (Å²) in [6.07, 6.45) is 8.51. The first-order valence-corrected chi connectivity index (χ1v) is 11.1. The molecule has 1 saturated heterocycles. The molecule has 1 unspecified atom stereocenters. The van der Waals surface area contributed by atoms with Crippen LogP contribution in [0.3, 0.4) is 0 Å². The van der Waals surface area contributed by atoms with E-state index in [-0.39, 0.29) is 0 Å². The van der Waals surface area contributed by atoms with Gasteiger partial charge in [-0.15, -0.1) is 0 Å². The van der Waals surface area contributed by atoms with Gasteiger partial charge in [-0.05, 0) is 67.6 Å². The summed E-state index contributed by atoms with van der Waals surface area (Å²) in [5, 5.41) is 4.52. The van der Waals surface area contributed by atoms with Crippen molar-refractivity contribution in [2.75, 3.05) is 26.7 Å². The number of methoxy groups -OCH3 is 1. The molecule has 0 aliphatic carbocycles. The number of hydrogen-bond donors (Lipinski definition) is 0. The SMILES string of the molecule is COc1ccc(CCN2CCC(C3c4ccn(C)c4CCn4ncnc43)CC2)cc1. The predicted molar refractivity (Wildman–Crippen MR) is 117 cm³/mol. The van der Waals surface area contributed by atoms with Gasteiger partial charge in [0.25, 0.3) is 0 Å². The zero-order valence-electron chi connectivity index (χ0n) is 18.0. The van der Waals surface area contributed by atoms with Crippen LogP contribution >= 0.6 is 0 Å². The molecule has 2 aliphatic heterocycles. The Kier molecular flexibility index (Phi) is 5.34. The maximum atomic E-state index is 5.26. The standard InChI is InChI=1S/C24H31N5O/c1-27-12-10-21-22(27)11-16-29-24(25-17-26-29)23(21)19-8-14-28(15-9-19)13-7-18-3-5-20(30-2)6-4-18/h3-6,10,12,17,19,23H,7-9,11,13-16H2,1-2H3. The minimum Gasteiger partial charge on any atom is -0.497 e. The summed E-state index contributed by atoms with van der Waals surface area (Å²) in [6, 6.07) is 10.8. The number of piperidine rings is 1. The zero-order chi connectivity index (χ0) is 20.5. The van der Waals surface area contributed by atoms with Crippen LogP contribution in [0.5, 0.6) is 5.75 Å². The molecular formula is C24H31N5O. The van der Waals surface area contributed by atoms with Crippen LogP contribution in [0.25, 0.3) is 0 Å². The van der Waals surface area contributed by atoms with Crippen LogP contribution in [0, 0.1) is 5.92 Å². The molecule has 4 heterocycles. The number of fused-ring (bicyclic) bond motifs is 2. The number of ether oxygens (including phenoxy) is 1. The minimum atomic E-state index is 0.370. The summed E-state index contributed by atoms with van der Waals surface area (Å²) in [7, 11) is 3.88. The van der Waals surface area contributed by atoms with Gasteiger partial charge in [0.15, 0.2) is 0 Å². The van der Waals surface area contributed by atoms with Crippen LogP contribution in [0.15, 0.2) is 42.9 Å². The summed E-state index contributed by atoms with van der Waals surface area (Å²) in [5.74, 6) is 3.09. The molecule has 0 radical (unpaired) electrons. The molecule has 5 rings (SSSR count). The third-order valence-corrected chi connectivity index (χ3v) is 7.04. The molecule has 0 bridgehead atoms. The monoisotopic (exact) mass is 405 g/mol. The molecule has 3 aromatic rings. The Morgan fingerprint density at radius 1 is 1.07 bits per heavy atom. The average molecular weight is 406 g/mol. The summed E-state index contributed by atoms with van der Waals surface area (Å²) in [4.78, 5) is 7.33. The normalized spacial score (nSPS) is 19.9. The maximum Gasteiger partial charge on any atom is 0.138 e. The lowest BCUT2D eigenvalue weighted by molar-refractivity contribution is 0.174. The molecule has 1 fully saturated rings. The van der Waals surface area contributed by atoms with E-state index >= 15 is 0 Å². The van der Waals surface area contributed by atoms with Crippen molar-refractivity contribution in [3.05, 3.63) is 65.5 Å². The summed E-state index contributed by atoms with van der Waals surface area (Å²) in [5.41, 5.74) is 4.30. The molecular weight excluding hydrogens is 374 g/mol. The fourth-order valence-electron chi connectivity index (χ4n) is 5.28. The number of likely N-dealkylation sites (tertiary alicyclic amines) is 1. The summed E-state index contributed by atoms with van der Waals surface area (Å²) in [6.45, 7) is 4.37. The van der Waals surface area contributed by atoms with Crippen LogP contribution < -0.4 is 4.74 Å². The van der Waals surface area contributed by atoms with Gasteiger partial charge in [-0.3, -0.25) is 0 Å². The predicted octanol–water partition coefficient (Wildman–Crippen LogP) is 3.27. The van der Waals surface area contributed by atoms with Gasteiger partial charge in [0.05, 0.1) is 7.11 Å². The lowest BCUT2D eigenvalue weighted by atomic mass is 9.79. The molecule has 6 nitrogen and oxygen atoms in total. The fourth-order valence-corrected chi connectivity index (χ4v) is 5.28. The van der Waals surface area contributed by atoms with Crippen LogP contribution in [-0.2, 0) is 26.4 Å². The van der Waals surface area contributed by atoms with Crippen molar-refractivity contribution in [3.63, 3.8) is 0 Å². The van der Waals surface area contributed by atoms with Gasteiger partial charge in [0.2, 0.25) is 0 Å². The lowest BCUT2D eigenvalue weighted by Crippen LogP contribution is -2.37. The molecule has 0 N–H and O–H groups in total. The van der Waals surface area contributed by atoms with E-state index in [2.05, 4.69) is 62.8 Å². The maximum absolute atomic E-state index is 5.26. The van der Waals surface area contributed by atoms with Crippen molar-refractivity contribution in [2.45, 2.75) is 38.1 Å². The van der Waals surface area contributed by atoms with Gasteiger partial charge >= 0.3 is 0 Å². The molecule has 6 heteroatoms. The number of benzene rings is 1. The molecule has 30 heavy (non-hydrogen) atoms. The fraction of sp³-hybridized carbons (Fsp3) is 0.500. The topological polar surface area (TPSA) is 48.1 Å². The quantitative estimate of drug-likeness (QED) is 0.654. The number of aryl methyl sites for hydroxylation is 2. The van der Waals surface area contributed by atoms with Gasteiger partial charge in [-0.25, -0.2) is 9.67 Å². The highest BCUT2D eigenvalue weighted by atomic mass is 16.5. The highest BCUT2D eigenvalue weighted by Gasteiger charge is 2.35. The van der Waals surface area contributed by atoms with E-state index in [1.807, 2.05) is 0 Å². The third-order valence-electron chi connectivity index (χ3n) is 7.04. The number of nitrogens with zero attached hydrogens (tertiary/aromatic N) is 5. The van der Waals surface area contributed by atoms with Gasteiger partial charge < -0.3 is 14.2 Å². The van der Waals surface area contributed by atoms with E-state index in [0.29, 0.717) is 11.8 Å². The third kappa shape index (κ3) is 3.65. The average Bonchev–Trinajstić information content (AvgIpc) is 3.35. The number of aromatic nitrogens is 4. The van der Waals surface area contributed by atoms with Crippen molar-refractivity contribution in [1.82, 2.24) is 24.2 Å². The summed E-state index contributed by atoms with van der Waals surface area (Å²) < 4.78 is 9.69. The van der Waals surface area contributed by atoms with E-state index in [9.17, 15) is 0 Å². The highest BCUT2D eigenvalue weighted by molar-refractivity contribution is 5.34. The van der Waals surface area contributed by atoms with Crippen molar-refractivity contribution in [2.24, 2.45) is 13.0 Å². The van der Waals surface area contributed by atoms with Crippen LogP contribution in [-0.4, -0.2) is 51.0 Å². The number of rotatable bonds is 5. The highest BCUT2D eigenvalue weighted by Crippen LogP contribution is 2.40. The second kappa shape index (κ2) is 8.26. The second-order valence-corrected chi connectivity index (χ2v) is 8.67. The molecule has 1 atom stereocenters. The Morgan fingerprint density at radius 2 is 1.87 bits per heavy atom. The smallest absolute Gasteiger partial charge is 0.138 e. The lowest BCUT2D eigenvalue weighted by Gasteiger charge is -2.35. The van der Waals surface area contributed by atoms with E-state index in [1.165, 1.54) is 29.7 Å². The van der Waals surface area contributed by atoms with Gasteiger partial charge in [0, 0.05) is 44.4 Å². The Bertz CT molecular complexity index is 981. The molecule has 1 aromatic carbocycles. The Balaban J connectivity index is 1.25. The van der Waals surface area contributed by atoms with Crippen molar-refractivity contribution < 1.29 is 4.74 Å². The number of hydrogen-bond acceptors (Lipinski definition) is 4. The van der Waals surface area contributed by atoms with E-state index < -0.39 is 0 Å². The largest absolute Gasteiger partial charge is 0.497 e. The van der Waals surface area contributed by atoms with Crippen molar-refractivity contribution >= 4 is 0 Å². The van der Waals surface area contributed by atoms with Crippen molar-refractivity contribution in [1.29, 1.82) is 0 Å². The molecule has 0 spiro atoms. The van der Waals surface area contributed by atoms with Gasteiger partial charge in [-0.2, -0.15) is 5.10 Å². The first-order chi connectivity index (χ1) is 14.7. The van der Waals surface area contributed by atoms with Gasteiger partial charge in [0.1, 0.15) is 17.9 Å². The van der Waals surface area contributed by atoms with Crippen molar-refractivity contribution in [3.8, 4) is 5.75 Å². The Hall–Kier alpha value is -2.60. The molecule has 2 aromatic heterocycles. The first-order valence-electron chi connectivity index (χ1n) is 11.1. The second-order valence-electron chi connectivity index (χ2n) is 8.67. The molecule has 0 amide bonds. The Morgan fingerprint density at radius 3 is 2.63 bits per heavy atom. The Labute approximate surface area is 178 Å². The van der Waals surface area contributed by atoms with E-state index in [0.717, 1.165) is 50.6 Å². The minimum absolute atomic E-state index is 0.370. The van der Waals surface area contributed by atoms with E-state index in [1.54, 1.807) is 13.4 Å². The zero-order valence-corrected chi connectivity index (χ0v) is 18.0. The van der Waals surface area contributed by atoms with Gasteiger partial charge in [-0.1, -0.05) is 12.1 Å². The summed E-state index contributed by atoms with van der Waals surface area (Å²) >= 11 is 0. The first kappa shape index (κ1) is 19.4. The molecule has 0 saturated carbocycles. The van der Waals surface area contributed by atoms with Crippen LogP contribution in [0.2, 0.25) is 0 Å². The molecule has 158 valence electrons. The van der Waals surface area contributed by atoms with E-state index in [4.69, 9.17) is 9.72 Å².